The highest BCUT2D eigenvalue weighted by molar-refractivity contribution is 7.80. The Morgan fingerprint density at radius 3 is 2.39 bits per heavy atom. The molecule has 150 valence electrons. The molecule has 2 rings (SSSR count). The van der Waals surface area contributed by atoms with Gasteiger partial charge in [-0.1, -0.05) is 37.6 Å². The summed E-state index contributed by atoms with van der Waals surface area (Å²) in [5, 5.41) is 7.26. The van der Waals surface area contributed by atoms with Crippen molar-refractivity contribution < 1.29 is 14.3 Å². The number of hydrogen-bond donors (Lipinski definition) is 2. The Morgan fingerprint density at radius 1 is 1.14 bits per heavy atom. The molecule has 5 nitrogen and oxygen atoms in total. The van der Waals surface area contributed by atoms with Gasteiger partial charge in [-0.2, -0.15) is 0 Å². The van der Waals surface area contributed by atoms with Crippen molar-refractivity contribution in [3.8, 4) is 5.75 Å². The number of ether oxygens (including phenoxy) is 2. The van der Waals surface area contributed by atoms with E-state index in [0.717, 1.165) is 17.7 Å². The fourth-order valence-electron chi connectivity index (χ4n) is 2.78. The summed E-state index contributed by atoms with van der Waals surface area (Å²) in [4.78, 5) is 11.8. The standard InChI is InChI=1S/C21H25ClN2O3S/c1-13(2)11-19(14-5-8-16(26-3)9-6-14)24-21(28)23-15-7-10-18(22)17(12-15)20(25)27-4/h5-10,12-13,19H,11H2,1-4H3,(H2,23,24,28)/t19-/m0/s1. The van der Waals surface area contributed by atoms with E-state index in [0.29, 0.717) is 21.7 Å². The molecule has 0 aliphatic rings. The number of halogens is 1. The van der Waals surface area contributed by atoms with Gasteiger partial charge in [0, 0.05) is 5.69 Å². The second-order valence-corrected chi connectivity index (χ2v) is 7.56. The maximum Gasteiger partial charge on any atom is 0.339 e. The third-order valence-electron chi connectivity index (χ3n) is 4.16. The summed E-state index contributed by atoms with van der Waals surface area (Å²) in [6, 6.07) is 13.0. The average Bonchev–Trinajstić information content (AvgIpc) is 2.68. The van der Waals surface area contributed by atoms with Gasteiger partial charge in [-0.05, 0) is 60.5 Å². The van der Waals surface area contributed by atoms with E-state index in [4.69, 9.17) is 33.3 Å². The van der Waals surface area contributed by atoms with Crippen LogP contribution in [0, 0.1) is 5.92 Å². The number of carbonyl (C=O) groups excluding carboxylic acids is 1. The van der Waals surface area contributed by atoms with Crippen molar-refractivity contribution in [2.24, 2.45) is 5.92 Å². The number of methoxy groups -OCH3 is 2. The monoisotopic (exact) mass is 420 g/mol. The van der Waals surface area contributed by atoms with Gasteiger partial charge in [-0.3, -0.25) is 0 Å². The first-order chi connectivity index (χ1) is 13.3. The lowest BCUT2D eigenvalue weighted by molar-refractivity contribution is 0.0601. The van der Waals surface area contributed by atoms with Crippen LogP contribution in [0.1, 0.15) is 42.2 Å². The first-order valence-corrected chi connectivity index (χ1v) is 9.72. The van der Waals surface area contributed by atoms with Crippen LogP contribution < -0.4 is 15.4 Å². The second kappa shape index (κ2) is 10.3. The van der Waals surface area contributed by atoms with Crippen LogP contribution in [0.4, 0.5) is 5.69 Å². The van der Waals surface area contributed by atoms with Gasteiger partial charge in [0.2, 0.25) is 0 Å². The lowest BCUT2D eigenvalue weighted by Gasteiger charge is -2.23. The zero-order chi connectivity index (χ0) is 20.7. The second-order valence-electron chi connectivity index (χ2n) is 6.74. The Hall–Kier alpha value is -2.31. The first-order valence-electron chi connectivity index (χ1n) is 8.93. The van der Waals surface area contributed by atoms with Gasteiger partial charge in [0.25, 0.3) is 0 Å². The van der Waals surface area contributed by atoms with Crippen molar-refractivity contribution in [1.82, 2.24) is 5.32 Å². The van der Waals surface area contributed by atoms with Crippen LogP contribution in [-0.2, 0) is 4.74 Å². The molecule has 0 amide bonds. The van der Waals surface area contributed by atoms with Gasteiger partial charge in [0.15, 0.2) is 5.11 Å². The molecular formula is C21H25ClN2O3S. The van der Waals surface area contributed by atoms with Crippen LogP contribution in [0.2, 0.25) is 5.02 Å². The SMILES string of the molecule is COC(=O)c1cc(NC(=S)N[C@@H](CC(C)C)c2ccc(OC)cc2)ccc1Cl. The maximum atomic E-state index is 11.8. The Morgan fingerprint density at radius 2 is 1.82 bits per heavy atom. The topological polar surface area (TPSA) is 59.6 Å². The van der Waals surface area contributed by atoms with E-state index in [1.165, 1.54) is 7.11 Å². The molecule has 0 fully saturated rings. The van der Waals surface area contributed by atoms with Crippen molar-refractivity contribution in [3.05, 3.63) is 58.6 Å². The van der Waals surface area contributed by atoms with Crippen LogP contribution in [0.3, 0.4) is 0 Å². The van der Waals surface area contributed by atoms with E-state index in [1.54, 1.807) is 25.3 Å². The third kappa shape index (κ3) is 6.11. The highest BCUT2D eigenvalue weighted by Gasteiger charge is 2.16. The van der Waals surface area contributed by atoms with Crippen LogP contribution in [0.15, 0.2) is 42.5 Å². The first kappa shape index (κ1) is 22.0. The Bertz CT molecular complexity index is 825. The lowest BCUT2D eigenvalue weighted by atomic mass is 9.97. The van der Waals surface area contributed by atoms with E-state index in [1.807, 2.05) is 24.3 Å². The number of anilines is 1. The Balaban J connectivity index is 2.14. The summed E-state index contributed by atoms with van der Waals surface area (Å²) in [6.45, 7) is 4.33. The molecule has 2 N–H and O–H groups in total. The van der Waals surface area contributed by atoms with Crippen molar-refractivity contribution in [3.63, 3.8) is 0 Å². The molecule has 0 bridgehead atoms. The molecule has 0 saturated heterocycles. The van der Waals surface area contributed by atoms with Crippen molar-refractivity contribution in [2.75, 3.05) is 19.5 Å². The molecule has 0 aliphatic carbocycles. The van der Waals surface area contributed by atoms with Crippen molar-refractivity contribution in [1.29, 1.82) is 0 Å². The minimum Gasteiger partial charge on any atom is -0.497 e. The van der Waals surface area contributed by atoms with Gasteiger partial charge in [0.1, 0.15) is 5.75 Å². The molecule has 0 unspecified atom stereocenters. The predicted octanol–water partition coefficient (Wildman–Crippen LogP) is 5.21. The number of rotatable bonds is 7. The third-order valence-corrected chi connectivity index (χ3v) is 4.71. The lowest BCUT2D eigenvalue weighted by Crippen LogP contribution is -2.33. The smallest absolute Gasteiger partial charge is 0.339 e. The fraction of sp³-hybridized carbons (Fsp3) is 0.333. The molecule has 28 heavy (non-hydrogen) atoms. The number of hydrogen-bond acceptors (Lipinski definition) is 4. The van der Waals surface area contributed by atoms with Gasteiger partial charge >= 0.3 is 5.97 Å². The molecular weight excluding hydrogens is 396 g/mol. The number of thiocarbonyl (C=S) groups is 1. The largest absolute Gasteiger partial charge is 0.497 e. The summed E-state index contributed by atoms with van der Waals surface area (Å²) in [5.74, 6) is 0.788. The van der Waals surface area contributed by atoms with Gasteiger partial charge < -0.3 is 20.1 Å². The average molecular weight is 421 g/mol. The normalized spacial score (nSPS) is 11.6. The molecule has 7 heteroatoms. The highest BCUT2D eigenvalue weighted by Crippen LogP contribution is 2.25. The summed E-state index contributed by atoms with van der Waals surface area (Å²) < 4.78 is 9.98. The van der Waals surface area contributed by atoms with E-state index in [-0.39, 0.29) is 11.6 Å². The molecule has 2 aromatic rings. The molecule has 2 aromatic carbocycles. The van der Waals surface area contributed by atoms with Gasteiger partial charge in [0.05, 0.1) is 30.8 Å². The molecule has 0 heterocycles. The number of benzene rings is 2. The Kier molecular flexibility index (Phi) is 8.08. The molecule has 0 saturated carbocycles. The van der Waals surface area contributed by atoms with Gasteiger partial charge in [-0.15, -0.1) is 0 Å². The molecule has 0 radical (unpaired) electrons. The fourth-order valence-corrected chi connectivity index (χ4v) is 3.24. The maximum absolute atomic E-state index is 11.8. The summed E-state index contributed by atoms with van der Waals surface area (Å²) >= 11 is 11.6. The summed E-state index contributed by atoms with van der Waals surface area (Å²) in [5.41, 5.74) is 2.05. The minimum atomic E-state index is -0.497. The van der Waals surface area contributed by atoms with E-state index in [2.05, 4.69) is 24.5 Å². The zero-order valence-corrected chi connectivity index (χ0v) is 18.0. The highest BCUT2D eigenvalue weighted by atomic mass is 35.5. The minimum absolute atomic E-state index is 0.0401. The molecule has 0 aliphatic heterocycles. The molecule has 1 atom stereocenters. The predicted molar refractivity (Wildman–Crippen MR) is 117 cm³/mol. The van der Waals surface area contributed by atoms with E-state index < -0.39 is 5.97 Å². The summed E-state index contributed by atoms with van der Waals surface area (Å²) in [7, 11) is 2.96. The number of esters is 1. The van der Waals surface area contributed by atoms with Crippen LogP contribution in [0.25, 0.3) is 0 Å². The number of nitrogens with one attached hydrogen (secondary N) is 2. The van der Waals surface area contributed by atoms with E-state index in [9.17, 15) is 4.79 Å². The van der Waals surface area contributed by atoms with Crippen LogP contribution >= 0.6 is 23.8 Å². The molecule has 0 aromatic heterocycles. The van der Waals surface area contributed by atoms with Gasteiger partial charge in [-0.25, -0.2) is 4.79 Å². The number of carbonyl (C=O) groups is 1. The Labute approximate surface area is 176 Å². The van der Waals surface area contributed by atoms with Crippen LogP contribution in [-0.4, -0.2) is 25.3 Å². The molecule has 0 spiro atoms. The van der Waals surface area contributed by atoms with E-state index >= 15 is 0 Å². The quantitative estimate of drug-likeness (QED) is 0.473. The summed E-state index contributed by atoms with van der Waals surface area (Å²) in [6.07, 6.45) is 0.905. The van der Waals surface area contributed by atoms with Crippen LogP contribution in [0.5, 0.6) is 5.75 Å². The van der Waals surface area contributed by atoms with Crippen molar-refractivity contribution >= 4 is 40.6 Å². The zero-order valence-electron chi connectivity index (χ0n) is 16.4. The van der Waals surface area contributed by atoms with Crippen molar-refractivity contribution in [2.45, 2.75) is 26.3 Å².